The van der Waals surface area contributed by atoms with Crippen LogP contribution < -0.4 is 21.1 Å². The minimum atomic E-state index is -0.920. The van der Waals surface area contributed by atoms with Crippen LogP contribution in [0, 0.1) is 0 Å². The molecule has 2 aliphatic rings. The number of ether oxygens (including phenoxy) is 1. The van der Waals surface area contributed by atoms with Gasteiger partial charge in [0.2, 0.25) is 11.8 Å². The molecule has 13 nitrogen and oxygen atoms in total. The van der Waals surface area contributed by atoms with Crippen LogP contribution in [-0.2, 0) is 20.8 Å². The number of carbonyl (C=O) groups excluding carboxylic acids is 3. The van der Waals surface area contributed by atoms with E-state index < -0.39 is 24.1 Å². The predicted molar refractivity (Wildman–Crippen MR) is 147 cm³/mol. The summed E-state index contributed by atoms with van der Waals surface area (Å²) in [5.74, 6) is -1.15. The maximum absolute atomic E-state index is 13.3. The molecule has 6 N–H and O–H groups in total. The second kappa shape index (κ2) is 12.7. The van der Waals surface area contributed by atoms with Crippen LogP contribution in [0.25, 0.3) is 0 Å². The molecule has 0 bridgehead atoms. The van der Waals surface area contributed by atoms with Crippen molar-refractivity contribution in [2.75, 3.05) is 62.7 Å². The number of aliphatic hydroxyl groups excluding tert-OH is 1. The van der Waals surface area contributed by atoms with Crippen molar-refractivity contribution in [1.29, 1.82) is 0 Å². The first-order valence-corrected chi connectivity index (χ1v) is 12.9. The van der Waals surface area contributed by atoms with Crippen molar-refractivity contribution in [2.24, 2.45) is 0 Å². The van der Waals surface area contributed by atoms with Crippen LogP contribution in [0.15, 0.2) is 42.5 Å². The number of urea groups is 1. The molecular formula is C27H34N6O7. The Morgan fingerprint density at radius 1 is 1.02 bits per heavy atom. The van der Waals surface area contributed by atoms with Crippen molar-refractivity contribution >= 4 is 40.9 Å². The van der Waals surface area contributed by atoms with Gasteiger partial charge in [0.15, 0.2) is 0 Å². The first kappa shape index (κ1) is 28.6. The van der Waals surface area contributed by atoms with Gasteiger partial charge in [-0.2, -0.15) is 0 Å². The van der Waals surface area contributed by atoms with Crippen LogP contribution in [0.5, 0.6) is 5.75 Å². The Bertz CT molecular complexity index is 1260. The van der Waals surface area contributed by atoms with E-state index in [2.05, 4.69) is 10.6 Å². The van der Waals surface area contributed by atoms with Gasteiger partial charge in [-0.25, -0.2) is 4.79 Å². The maximum Gasteiger partial charge on any atom is 0.323 e. The van der Waals surface area contributed by atoms with Crippen LogP contribution in [-0.4, -0.2) is 107 Å². The third kappa shape index (κ3) is 6.98. The van der Waals surface area contributed by atoms with Crippen LogP contribution in [0.4, 0.5) is 21.9 Å². The number of amides is 4. The number of para-hydroxylation sites is 2. The SMILES string of the molecule is COc1cc(CC(=O)N2C[C@@H](O)C[C@H]2C(=O)N2CCN(CC(=O)O)CC2)ccc1NC(=O)Nc1ccccc1N. The highest BCUT2D eigenvalue weighted by Crippen LogP contribution is 2.28. The molecule has 2 fully saturated rings. The number of carbonyl (C=O) groups is 4. The van der Waals surface area contributed by atoms with Crippen molar-refractivity contribution in [2.45, 2.75) is 25.0 Å². The summed E-state index contributed by atoms with van der Waals surface area (Å²) in [6, 6.07) is 10.5. The third-order valence-corrected chi connectivity index (χ3v) is 7.01. The molecule has 0 aliphatic carbocycles. The highest BCUT2D eigenvalue weighted by Gasteiger charge is 2.41. The zero-order valence-corrected chi connectivity index (χ0v) is 22.2. The van der Waals surface area contributed by atoms with Gasteiger partial charge in [-0.05, 0) is 29.8 Å². The van der Waals surface area contributed by atoms with Crippen molar-refractivity contribution in [3.8, 4) is 5.75 Å². The van der Waals surface area contributed by atoms with E-state index in [0.29, 0.717) is 54.6 Å². The zero-order valence-electron chi connectivity index (χ0n) is 22.2. The molecule has 4 amide bonds. The number of methoxy groups -OCH3 is 1. The summed E-state index contributed by atoms with van der Waals surface area (Å²) in [6.45, 7) is 1.54. The van der Waals surface area contributed by atoms with Crippen molar-refractivity contribution in [3.63, 3.8) is 0 Å². The lowest BCUT2D eigenvalue weighted by molar-refractivity contribution is -0.145. The molecule has 4 rings (SSSR count). The quantitative estimate of drug-likeness (QED) is 0.293. The van der Waals surface area contributed by atoms with E-state index in [1.54, 1.807) is 52.3 Å². The molecule has 0 unspecified atom stereocenters. The van der Waals surface area contributed by atoms with E-state index in [9.17, 15) is 24.3 Å². The number of nitrogens with one attached hydrogen (secondary N) is 2. The summed E-state index contributed by atoms with van der Waals surface area (Å²) in [6.07, 6.45) is -0.705. The number of likely N-dealkylation sites (tertiary alicyclic amines) is 1. The lowest BCUT2D eigenvalue weighted by Crippen LogP contribution is -2.55. The van der Waals surface area contributed by atoms with Gasteiger partial charge in [0.1, 0.15) is 11.8 Å². The van der Waals surface area contributed by atoms with Crippen LogP contribution in [0.1, 0.15) is 12.0 Å². The van der Waals surface area contributed by atoms with E-state index >= 15 is 0 Å². The van der Waals surface area contributed by atoms with Crippen molar-refractivity contribution < 1.29 is 34.1 Å². The number of piperazine rings is 1. The van der Waals surface area contributed by atoms with Gasteiger partial charge >= 0.3 is 12.0 Å². The lowest BCUT2D eigenvalue weighted by atomic mass is 10.1. The number of rotatable bonds is 8. The van der Waals surface area contributed by atoms with E-state index in [4.69, 9.17) is 15.6 Å². The molecule has 2 aromatic carbocycles. The molecule has 2 atom stereocenters. The summed E-state index contributed by atoms with van der Waals surface area (Å²) in [5.41, 5.74) is 7.74. The van der Waals surface area contributed by atoms with Crippen molar-refractivity contribution in [3.05, 3.63) is 48.0 Å². The fraction of sp³-hybridized carbons (Fsp3) is 0.407. The average molecular weight is 555 g/mol. The Kier molecular flexibility index (Phi) is 9.07. The second-order valence-electron chi connectivity index (χ2n) is 9.82. The molecular weight excluding hydrogens is 520 g/mol. The Morgan fingerprint density at radius 2 is 1.73 bits per heavy atom. The number of carboxylic acid groups (broad SMARTS) is 1. The number of aliphatic carboxylic acids is 1. The molecule has 0 spiro atoms. The van der Waals surface area contributed by atoms with Crippen LogP contribution in [0.2, 0.25) is 0 Å². The number of benzene rings is 2. The van der Waals surface area contributed by atoms with E-state index in [0.717, 1.165) is 0 Å². The van der Waals surface area contributed by atoms with E-state index in [1.165, 1.54) is 12.0 Å². The standard InChI is InChI=1S/C27H34N6O7/c1-40-23-12-17(6-7-21(23)30-27(39)29-20-5-3-2-4-19(20)28)13-24(35)33-15-18(34)14-22(33)26(38)32-10-8-31(9-11-32)16-25(36)37/h2-7,12,18,22,34H,8-11,13-16,28H2,1H3,(H,36,37)(H2,29,30,39)/t18-,22-/m0/s1. The first-order valence-electron chi connectivity index (χ1n) is 12.9. The monoisotopic (exact) mass is 554 g/mol. The second-order valence-corrected chi connectivity index (χ2v) is 9.82. The van der Waals surface area contributed by atoms with Gasteiger partial charge < -0.3 is 41.1 Å². The number of carboxylic acids is 1. The maximum atomic E-state index is 13.3. The lowest BCUT2D eigenvalue weighted by Gasteiger charge is -2.36. The Balaban J connectivity index is 1.38. The largest absolute Gasteiger partial charge is 0.495 e. The molecule has 40 heavy (non-hydrogen) atoms. The van der Waals surface area contributed by atoms with Crippen LogP contribution >= 0.6 is 0 Å². The number of hydrogen-bond acceptors (Lipinski definition) is 8. The number of aliphatic hydroxyl groups is 1. The summed E-state index contributed by atoms with van der Waals surface area (Å²) < 4.78 is 5.42. The van der Waals surface area contributed by atoms with Gasteiger partial charge in [0.05, 0.1) is 43.2 Å². The predicted octanol–water partition coefficient (Wildman–Crippen LogP) is 0.655. The molecule has 0 aromatic heterocycles. The van der Waals surface area contributed by atoms with E-state index in [-0.39, 0.29) is 37.7 Å². The zero-order chi connectivity index (χ0) is 28.8. The number of nitrogens with zero attached hydrogens (tertiary/aromatic N) is 3. The Morgan fingerprint density at radius 3 is 2.40 bits per heavy atom. The summed E-state index contributed by atoms with van der Waals surface area (Å²) in [5, 5.41) is 24.6. The molecule has 2 heterocycles. The smallest absolute Gasteiger partial charge is 0.323 e. The number of β-amino-alcohol motifs (C(OH)–C–C–N with tert-alkyl or cyclic N) is 1. The topological polar surface area (TPSA) is 178 Å². The number of nitrogens with two attached hydrogens (primary N) is 1. The summed E-state index contributed by atoms with van der Waals surface area (Å²) >= 11 is 0. The third-order valence-electron chi connectivity index (χ3n) is 7.01. The Labute approximate surface area is 231 Å². The molecule has 2 aliphatic heterocycles. The fourth-order valence-electron chi connectivity index (χ4n) is 4.96. The normalized spacial score (nSPS) is 19.2. The molecule has 2 saturated heterocycles. The molecule has 0 saturated carbocycles. The molecule has 214 valence electrons. The van der Waals surface area contributed by atoms with Gasteiger partial charge in [-0.15, -0.1) is 0 Å². The average Bonchev–Trinajstić information content (AvgIpc) is 3.32. The van der Waals surface area contributed by atoms with Gasteiger partial charge in [0.25, 0.3) is 0 Å². The number of nitrogen functional groups attached to an aromatic ring is 1. The van der Waals surface area contributed by atoms with E-state index in [1.807, 2.05) is 0 Å². The first-order chi connectivity index (χ1) is 19.1. The summed E-state index contributed by atoms with van der Waals surface area (Å²) in [4.78, 5) is 54.7. The number of anilines is 3. The molecule has 0 radical (unpaired) electrons. The minimum absolute atomic E-state index is 0.0354. The number of hydrogen-bond donors (Lipinski definition) is 5. The minimum Gasteiger partial charge on any atom is -0.495 e. The fourth-order valence-corrected chi connectivity index (χ4v) is 4.96. The van der Waals surface area contributed by atoms with Gasteiger partial charge in [-0.1, -0.05) is 18.2 Å². The van der Waals surface area contributed by atoms with Crippen molar-refractivity contribution in [1.82, 2.24) is 14.7 Å². The molecule has 13 heteroatoms. The van der Waals surface area contributed by atoms with Gasteiger partial charge in [-0.3, -0.25) is 19.3 Å². The van der Waals surface area contributed by atoms with Gasteiger partial charge in [0, 0.05) is 39.1 Å². The molecule has 2 aromatic rings. The summed E-state index contributed by atoms with van der Waals surface area (Å²) in [7, 11) is 1.45. The highest BCUT2D eigenvalue weighted by atomic mass is 16.5. The van der Waals surface area contributed by atoms with Crippen LogP contribution in [0.3, 0.4) is 0 Å². The highest BCUT2D eigenvalue weighted by molar-refractivity contribution is 6.02. The Hall–Kier alpha value is -4.36.